The lowest BCUT2D eigenvalue weighted by molar-refractivity contribution is -0.249. The van der Waals surface area contributed by atoms with Gasteiger partial charge >= 0.3 is 11.9 Å². The number of aldehydes is 1. The molecule has 8 heteroatoms. The van der Waals surface area contributed by atoms with Gasteiger partial charge in [-0.25, -0.2) is 4.79 Å². The Kier molecular flexibility index (Phi) is 5.61. The molecule has 2 N–H and O–H groups in total. The molecule has 4 fully saturated rings. The molecule has 0 aromatic heterocycles. The summed E-state index contributed by atoms with van der Waals surface area (Å²) in [4.78, 5) is 36.2. The third-order valence-electron chi connectivity index (χ3n) is 10.2. The topological polar surface area (TPSA) is 110 Å². The molecule has 4 saturated carbocycles. The molecule has 0 unspecified atom stereocenters. The van der Waals surface area contributed by atoms with Crippen molar-refractivity contribution < 1.29 is 34.1 Å². The molecular formula is C25H33BrO7. The van der Waals surface area contributed by atoms with E-state index in [-0.39, 0.29) is 41.4 Å². The summed E-state index contributed by atoms with van der Waals surface area (Å²) in [6, 6.07) is 0. The minimum Gasteiger partial charge on any atom is -0.462 e. The highest BCUT2D eigenvalue weighted by molar-refractivity contribution is 9.09. The average molecular weight is 525 g/mol. The number of cyclic esters (lactones) is 1. The normalized spacial score (nSPS) is 48.7. The summed E-state index contributed by atoms with van der Waals surface area (Å²) in [6.45, 7) is 2.44. The number of esters is 2. The van der Waals surface area contributed by atoms with Crippen molar-refractivity contribution in [2.24, 2.45) is 28.6 Å². The Balaban J connectivity index is 1.44. The molecule has 8 atom stereocenters. The Hall–Kier alpha value is -1.25. The van der Waals surface area contributed by atoms with Crippen LogP contribution >= 0.6 is 15.9 Å². The maximum Gasteiger partial charge on any atom is 0.331 e. The molecule has 33 heavy (non-hydrogen) atoms. The van der Waals surface area contributed by atoms with Gasteiger partial charge in [-0.05, 0) is 74.7 Å². The molecule has 0 saturated heterocycles. The summed E-state index contributed by atoms with van der Waals surface area (Å²) in [6.07, 6.45) is 7.33. The number of carbonyl (C=O) groups excluding carboxylic acids is 3. The van der Waals surface area contributed by atoms with E-state index in [1.165, 1.54) is 0 Å². The zero-order valence-corrected chi connectivity index (χ0v) is 20.6. The number of hydrogen-bond acceptors (Lipinski definition) is 7. The Bertz CT molecular complexity index is 903. The third-order valence-corrected chi connectivity index (χ3v) is 10.7. The van der Waals surface area contributed by atoms with Crippen LogP contribution in [0.4, 0.5) is 0 Å². The van der Waals surface area contributed by atoms with Crippen LogP contribution in [0.1, 0.15) is 64.7 Å². The first-order chi connectivity index (χ1) is 15.6. The van der Waals surface area contributed by atoms with Crippen LogP contribution in [0, 0.1) is 28.6 Å². The quantitative estimate of drug-likeness (QED) is 0.330. The first-order valence-corrected chi connectivity index (χ1v) is 13.3. The molecule has 0 radical (unpaired) electrons. The minimum absolute atomic E-state index is 0.0855. The Morgan fingerprint density at radius 2 is 1.94 bits per heavy atom. The second-order valence-electron chi connectivity index (χ2n) is 11.2. The van der Waals surface area contributed by atoms with E-state index in [1.807, 2.05) is 0 Å². The molecule has 5 aliphatic rings. The molecule has 0 bridgehead atoms. The number of carbonyl (C=O) groups is 3. The third kappa shape index (κ3) is 3.16. The zero-order chi connectivity index (χ0) is 23.6. The maximum absolute atomic E-state index is 12.7. The van der Waals surface area contributed by atoms with E-state index in [1.54, 1.807) is 6.08 Å². The number of aliphatic hydroxyl groups is 2. The van der Waals surface area contributed by atoms with Crippen LogP contribution in [-0.4, -0.2) is 57.7 Å². The van der Waals surface area contributed by atoms with Crippen LogP contribution < -0.4 is 0 Å². The van der Waals surface area contributed by atoms with Crippen molar-refractivity contribution in [2.75, 3.05) is 11.9 Å². The average Bonchev–Trinajstić information content (AvgIpc) is 3.33. The highest BCUT2D eigenvalue weighted by Crippen LogP contribution is 2.70. The van der Waals surface area contributed by atoms with E-state index in [9.17, 15) is 24.6 Å². The van der Waals surface area contributed by atoms with Gasteiger partial charge in [0, 0.05) is 17.9 Å². The van der Waals surface area contributed by atoms with Crippen molar-refractivity contribution in [1.82, 2.24) is 0 Å². The van der Waals surface area contributed by atoms with Gasteiger partial charge in [0.25, 0.3) is 0 Å². The number of fused-ring (bicyclic) bond motifs is 5. The van der Waals surface area contributed by atoms with Gasteiger partial charge in [-0.2, -0.15) is 0 Å². The molecule has 0 aromatic carbocycles. The summed E-state index contributed by atoms with van der Waals surface area (Å²) in [5, 5.41) is 24.1. The van der Waals surface area contributed by atoms with Crippen LogP contribution in [-0.2, 0) is 23.9 Å². The fourth-order valence-electron chi connectivity index (χ4n) is 8.64. The van der Waals surface area contributed by atoms with Crippen LogP contribution in [0.2, 0.25) is 0 Å². The van der Waals surface area contributed by atoms with E-state index in [2.05, 4.69) is 22.9 Å². The summed E-state index contributed by atoms with van der Waals surface area (Å²) in [5.41, 5.74) is -2.54. The van der Waals surface area contributed by atoms with Crippen LogP contribution in [0.3, 0.4) is 0 Å². The summed E-state index contributed by atoms with van der Waals surface area (Å²) >= 11 is 3.11. The highest BCUT2D eigenvalue weighted by atomic mass is 79.9. The van der Waals surface area contributed by atoms with E-state index in [4.69, 9.17) is 9.47 Å². The fourth-order valence-corrected chi connectivity index (χ4v) is 8.77. The summed E-state index contributed by atoms with van der Waals surface area (Å²) in [7, 11) is 0. The smallest absolute Gasteiger partial charge is 0.331 e. The number of rotatable bonds is 4. The Morgan fingerprint density at radius 1 is 1.18 bits per heavy atom. The lowest BCUT2D eigenvalue weighted by Crippen LogP contribution is -2.69. The molecule has 182 valence electrons. The molecule has 0 aromatic rings. The Labute approximate surface area is 202 Å². The van der Waals surface area contributed by atoms with E-state index >= 15 is 0 Å². The van der Waals surface area contributed by atoms with Crippen molar-refractivity contribution in [3.05, 3.63) is 11.6 Å². The van der Waals surface area contributed by atoms with E-state index in [0.717, 1.165) is 31.1 Å². The Morgan fingerprint density at radius 3 is 2.61 bits per heavy atom. The number of hydrogen-bond donors (Lipinski definition) is 2. The molecule has 1 aliphatic heterocycles. The summed E-state index contributed by atoms with van der Waals surface area (Å²) < 4.78 is 10.7. The molecule has 0 amide bonds. The van der Waals surface area contributed by atoms with Crippen molar-refractivity contribution in [3.63, 3.8) is 0 Å². The van der Waals surface area contributed by atoms with Gasteiger partial charge in [-0.15, -0.1) is 0 Å². The van der Waals surface area contributed by atoms with Crippen LogP contribution in [0.15, 0.2) is 11.6 Å². The zero-order valence-electron chi connectivity index (χ0n) is 19.1. The van der Waals surface area contributed by atoms with Gasteiger partial charge in [0.15, 0.2) is 0 Å². The van der Waals surface area contributed by atoms with Crippen molar-refractivity contribution in [3.8, 4) is 0 Å². The second kappa shape index (κ2) is 7.89. The molecular weight excluding hydrogens is 492 g/mol. The second-order valence-corrected chi connectivity index (χ2v) is 11.8. The summed E-state index contributed by atoms with van der Waals surface area (Å²) in [5.74, 6) is -0.792. The van der Waals surface area contributed by atoms with E-state index in [0.29, 0.717) is 38.7 Å². The van der Waals surface area contributed by atoms with Gasteiger partial charge in [-0.3, -0.25) is 4.79 Å². The van der Waals surface area contributed by atoms with Gasteiger partial charge < -0.3 is 24.5 Å². The molecule has 7 nitrogen and oxygen atoms in total. The minimum atomic E-state index is -1.23. The molecule has 0 spiro atoms. The van der Waals surface area contributed by atoms with E-state index < -0.39 is 28.1 Å². The molecule has 5 rings (SSSR count). The van der Waals surface area contributed by atoms with Gasteiger partial charge in [0.2, 0.25) is 0 Å². The van der Waals surface area contributed by atoms with Gasteiger partial charge in [0.05, 0.1) is 16.6 Å². The van der Waals surface area contributed by atoms with Crippen LogP contribution in [0.5, 0.6) is 0 Å². The van der Waals surface area contributed by atoms with Gasteiger partial charge in [0.1, 0.15) is 24.3 Å². The van der Waals surface area contributed by atoms with Crippen molar-refractivity contribution in [2.45, 2.75) is 82.0 Å². The lowest BCUT2D eigenvalue weighted by atomic mass is 9.41. The molecule has 1 heterocycles. The highest BCUT2D eigenvalue weighted by Gasteiger charge is 2.71. The lowest BCUT2D eigenvalue weighted by Gasteiger charge is -2.65. The largest absolute Gasteiger partial charge is 0.462 e. The van der Waals surface area contributed by atoms with Gasteiger partial charge in [-0.1, -0.05) is 22.9 Å². The monoisotopic (exact) mass is 524 g/mol. The fraction of sp³-hybridized carbons (Fsp3) is 0.800. The standard InChI is InChI=1S/C25H33BrO7/c1-22-6-3-18-19(25(22,31)9-5-17(22)15-10-20(28)32-13-15)4-8-24(30)11-16(33-21(29)12-26)2-7-23(18,24)14-27/h10,14,16-19,30-31H,2-9,11-13H2,1H3/t16-,17+,18-,19+,22-,23+,24+,25+/m1/s1. The molecule has 4 aliphatic carbocycles. The number of halogens is 1. The predicted octanol–water partition coefficient (Wildman–Crippen LogP) is 2.84. The number of alkyl halides is 1. The number of ether oxygens (including phenoxy) is 2. The first-order valence-electron chi connectivity index (χ1n) is 12.2. The van der Waals surface area contributed by atoms with Crippen molar-refractivity contribution in [1.29, 1.82) is 0 Å². The maximum atomic E-state index is 12.7. The first kappa shape index (κ1) is 23.5. The van der Waals surface area contributed by atoms with Crippen LogP contribution in [0.25, 0.3) is 0 Å². The SMILES string of the molecule is C[C@]12CC[C@@H]3[C@H](CC[C@]4(O)C[C@H](OC(=O)CBr)CC[C@]34C=O)[C@@]1(O)CC[C@H]2C1=CC(=O)OC1. The predicted molar refractivity (Wildman–Crippen MR) is 121 cm³/mol. The van der Waals surface area contributed by atoms with Crippen molar-refractivity contribution >= 4 is 34.2 Å².